The smallest absolute Gasteiger partial charge is 0.00218 e. The van der Waals surface area contributed by atoms with Crippen LogP contribution in [0.1, 0.15) is 96.5 Å². The lowest BCUT2D eigenvalue weighted by Crippen LogP contribution is -2.20. The van der Waals surface area contributed by atoms with Gasteiger partial charge in [0.1, 0.15) is 0 Å². The molecule has 1 rings (SSSR count). The molecule has 0 spiro atoms. The molecule has 0 aliphatic heterocycles. The maximum absolute atomic E-state index is 2.69. The first-order valence-corrected chi connectivity index (χ1v) is 11.7. The molecule has 0 saturated heterocycles. The highest BCUT2D eigenvalue weighted by Crippen LogP contribution is 2.07. The fourth-order valence-electron chi connectivity index (χ4n) is 3.02. The van der Waals surface area contributed by atoms with Crippen LogP contribution in [-0.4, -0.2) is 25.0 Å². The monoisotopic (exact) mass is 379 g/mol. The van der Waals surface area contributed by atoms with Gasteiger partial charge in [-0.15, -0.1) is 9.24 Å². The average Bonchev–Trinajstić information content (AvgIpc) is 2.64. The van der Waals surface area contributed by atoms with Gasteiger partial charge in [-0.2, -0.15) is 0 Å². The van der Waals surface area contributed by atoms with E-state index in [1.54, 1.807) is 0 Å². The molecule has 1 aromatic carbocycles. The van der Waals surface area contributed by atoms with Crippen molar-refractivity contribution in [3.8, 4) is 0 Å². The Hall–Kier alpha value is -0.390. The highest BCUT2D eigenvalue weighted by Gasteiger charge is 1.98. The highest BCUT2D eigenvalue weighted by molar-refractivity contribution is 7.27. The fourth-order valence-corrected chi connectivity index (χ4v) is 3.23. The van der Waals surface area contributed by atoms with E-state index >= 15 is 0 Å². The third-order valence-electron chi connectivity index (χ3n) is 4.98. The third kappa shape index (κ3) is 17.0. The molecule has 152 valence electrons. The van der Waals surface area contributed by atoms with E-state index in [-0.39, 0.29) is 0 Å². The quantitative estimate of drug-likeness (QED) is 0.245. The van der Waals surface area contributed by atoms with E-state index in [9.17, 15) is 0 Å². The number of nitrogens with zero attached hydrogens (tertiary/aromatic N) is 1. The van der Waals surface area contributed by atoms with Crippen LogP contribution in [0.15, 0.2) is 24.3 Å². The van der Waals surface area contributed by atoms with Crippen molar-refractivity contribution in [2.24, 2.45) is 0 Å². The highest BCUT2D eigenvalue weighted by atomic mass is 31.0. The number of hydrogen-bond donors (Lipinski definition) is 0. The Morgan fingerprint density at radius 3 is 1.50 bits per heavy atom. The number of benzene rings is 1. The fraction of sp³-hybridized carbons (Fsp3) is 0.750. The summed E-state index contributed by atoms with van der Waals surface area (Å²) in [6, 6.07) is 8.26. The Labute approximate surface area is 167 Å². The van der Waals surface area contributed by atoms with Gasteiger partial charge in [-0.25, -0.2) is 0 Å². The number of rotatable bonds is 14. The lowest BCUT2D eigenvalue weighted by Gasteiger charge is -2.16. The van der Waals surface area contributed by atoms with Gasteiger partial charge in [0.15, 0.2) is 0 Å². The molecule has 0 fully saturated rings. The van der Waals surface area contributed by atoms with Crippen LogP contribution in [0.5, 0.6) is 0 Å². The predicted octanol–water partition coefficient (Wildman–Crippen LogP) is 7.13. The maximum Gasteiger partial charge on any atom is -0.00218 e. The largest absolute Gasteiger partial charge is 0.306 e. The average molecular weight is 380 g/mol. The van der Waals surface area contributed by atoms with Gasteiger partial charge in [0.25, 0.3) is 0 Å². The Morgan fingerprint density at radius 1 is 0.692 bits per heavy atom. The van der Waals surface area contributed by atoms with E-state index in [1.807, 2.05) is 12.1 Å². The summed E-state index contributed by atoms with van der Waals surface area (Å²) in [5, 5.41) is 1.28. The molecular formula is C24H46NP. The molecule has 1 unspecified atom stereocenters. The Morgan fingerprint density at radius 2 is 1.12 bits per heavy atom. The lowest BCUT2D eigenvalue weighted by molar-refractivity contribution is 0.314. The molecule has 0 N–H and O–H groups in total. The summed E-state index contributed by atoms with van der Waals surface area (Å²) >= 11 is 0. The van der Waals surface area contributed by atoms with E-state index < -0.39 is 0 Å². The zero-order valence-corrected chi connectivity index (χ0v) is 19.4. The topological polar surface area (TPSA) is 3.24 Å². The van der Waals surface area contributed by atoms with Crippen molar-refractivity contribution in [3.63, 3.8) is 0 Å². The molecule has 1 nitrogen and oxygen atoms in total. The second-order valence-electron chi connectivity index (χ2n) is 7.70. The van der Waals surface area contributed by atoms with Gasteiger partial charge in [-0.1, -0.05) is 102 Å². The lowest BCUT2D eigenvalue weighted by atomic mass is 10.1. The van der Waals surface area contributed by atoms with Crippen molar-refractivity contribution in [1.29, 1.82) is 0 Å². The van der Waals surface area contributed by atoms with Gasteiger partial charge < -0.3 is 4.90 Å². The first-order valence-electron chi connectivity index (χ1n) is 11.1. The van der Waals surface area contributed by atoms with E-state index in [0.29, 0.717) is 0 Å². The summed E-state index contributed by atoms with van der Waals surface area (Å²) in [5.74, 6) is 0. The summed E-state index contributed by atoms with van der Waals surface area (Å²) in [5.41, 5.74) is 1.33. The number of aryl methyl sites for hydroxylation is 1. The van der Waals surface area contributed by atoms with Crippen LogP contribution < -0.4 is 5.30 Å². The van der Waals surface area contributed by atoms with Gasteiger partial charge in [-0.05, 0) is 50.8 Å². The molecule has 0 heterocycles. The molecule has 2 heteroatoms. The van der Waals surface area contributed by atoms with E-state index in [0.717, 1.165) is 0 Å². The Kier molecular flexibility index (Phi) is 19.1. The van der Waals surface area contributed by atoms with Crippen LogP contribution in [0, 0.1) is 6.92 Å². The van der Waals surface area contributed by atoms with Crippen LogP contribution in [0.2, 0.25) is 0 Å². The molecule has 1 aromatic rings. The van der Waals surface area contributed by atoms with Crippen LogP contribution in [0.25, 0.3) is 0 Å². The molecular weight excluding hydrogens is 333 g/mol. The predicted molar refractivity (Wildman–Crippen MR) is 125 cm³/mol. The summed E-state index contributed by atoms with van der Waals surface area (Å²) in [4.78, 5) is 2.53. The van der Waals surface area contributed by atoms with Gasteiger partial charge >= 0.3 is 0 Å². The molecule has 0 radical (unpaired) electrons. The van der Waals surface area contributed by atoms with E-state index in [1.165, 1.54) is 101 Å². The summed E-state index contributed by atoms with van der Waals surface area (Å²) < 4.78 is 0. The van der Waals surface area contributed by atoms with Gasteiger partial charge in [0, 0.05) is 0 Å². The van der Waals surface area contributed by atoms with Crippen molar-refractivity contribution in [2.45, 2.75) is 97.8 Å². The summed E-state index contributed by atoms with van der Waals surface area (Å²) in [7, 11) is 4.98. The molecule has 1 atom stereocenters. The Bertz CT molecular complexity index is 368. The van der Waals surface area contributed by atoms with Crippen molar-refractivity contribution in [1.82, 2.24) is 4.90 Å². The maximum atomic E-state index is 2.69. The molecule has 0 amide bonds. The van der Waals surface area contributed by atoms with Gasteiger partial charge in [0.05, 0.1) is 0 Å². The second-order valence-corrected chi connectivity index (χ2v) is 8.32. The molecule has 0 bridgehead atoms. The molecule has 0 saturated carbocycles. The van der Waals surface area contributed by atoms with Crippen LogP contribution in [0.4, 0.5) is 0 Å². The molecule has 0 aliphatic carbocycles. The Balaban J connectivity index is 0.000000642. The first-order chi connectivity index (χ1) is 12.6. The minimum atomic E-state index is 1.28. The minimum absolute atomic E-state index is 1.28. The normalized spacial score (nSPS) is 10.7. The number of hydrogen-bond acceptors (Lipinski definition) is 1. The van der Waals surface area contributed by atoms with Crippen LogP contribution >= 0.6 is 9.24 Å². The summed E-state index contributed by atoms with van der Waals surface area (Å²) in [6.45, 7) is 9.28. The first kappa shape index (κ1) is 25.6. The van der Waals surface area contributed by atoms with Gasteiger partial charge in [0.2, 0.25) is 0 Å². The number of unbranched alkanes of at least 4 members (excludes halogenated alkanes) is 10. The zero-order valence-electron chi connectivity index (χ0n) is 18.2. The third-order valence-corrected chi connectivity index (χ3v) is 5.62. The van der Waals surface area contributed by atoms with Crippen molar-refractivity contribution < 1.29 is 0 Å². The molecule has 0 aromatic heterocycles. The van der Waals surface area contributed by atoms with Gasteiger partial charge in [-0.3, -0.25) is 0 Å². The summed E-state index contributed by atoms with van der Waals surface area (Å²) in [6.07, 6.45) is 17.0. The zero-order chi connectivity index (χ0) is 19.5. The molecule has 26 heavy (non-hydrogen) atoms. The van der Waals surface area contributed by atoms with Crippen molar-refractivity contribution in [3.05, 3.63) is 29.8 Å². The van der Waals surface area contributed by atoms with Crippen LogP contribution in [0.3, 0.4) is 0 Å². The van der Waals surface area contributed by atoms with E-state index in [2.05, 4.69) is 54.1 Å². The standard InChI is InChI=1S/C17H37N.C7H9P/c1-4-6-8-10-12-14-16-18(3)17-15-13-11-9-7-5-2;1-6-4-2-3-5-7(6)8/h4-17H2,1-3H3;2-5H,8H2,1H3. The SMILES string of the molecule is CCCCCCCCN(C)CCCCCCCC.Cc1ccccc1P. The van der Waals surface area contributed by atoms with E-state index in [4.69, 9.17) is 0 Å². The van der Waals surface area contributed by atoms with Crippen molar-refractivity contribution in [2.75, 3.05) is 20.1 Å². The van der Waals surface area contributed by atoms with Crippen molar-refractivity contribution >= 4 is 14.5 Å². The molecule has 0 aliphatic rings. The van der Waals surface area contributed by atoms with Crippen LogP contribution in [-0.2, 0) is 0 Å². The second kappa shape index (κ2) is 19.4. The minimum Gasteiger partial charge on any atom is -0.306 e.